The number of halogens is 1. The average Bonchev–Trinajstić information content (AvgIpc) is 2.62. The van der Waals surface area contributed by atoms with Gasteiger partial charge in [-0.25, -0.2) is 0 Å². The summed E-state index contributed by atoms with van der Waals surface area (Å²) < 4.78 is 0. The quantitative estimate of drug-likeness (QED) is 0.824. The fourth-order valence-corrected chi connectivity index (χ4v) is 2.99. The number of carbonyl (C=O) groups is 1. The van der Waals surface area contributed by atoms with E-state index in [9.17, 15) is 4.79 Å². The Morgan fingerprint density at radius 2 is 1.94 bits per heavy atom. The van der Waals surface area contributed by atoms with Gasteiger partial charge in [0.05, 0.1) is 0 Å². The third kappa shape index (κ3) is 3.59. The largest absolute Gasteiger partial charge is 0.342 e. The highest BCUT2D eigenvalue weighted by atomic mass is 35.5. The molecule has 2 fully saturated rings. The minimum atomic E-state index is 0. The molecule has 2 aliphatic heterocycles. The highest BCUT2D eigenvalue weighted by molar-refractivity contribution is 5.85. The predicted octanol–water partition coefficient (Wildman–Crippen LogP) is 2.06. The molecule has 2 saturated heterocycles. The van der Waals surface area contributed by atoms with Crippen LogP contribution >= 0.6 is 12.4 Å². The monoisotopic (exact) mass is 260 g/mol. The molecule has 2 heterocycles. The van der Waals surface area contributed by atoms with Gasteiger partial charge in [-0.3, -0.25) is 4.79 Å². The summed E-state index contributed by atoms with van der Waals surface area (Å²) in [5.41, 5.74) is 0.456. The zero-order valence-electron chi connectivity index (χ0n) is 11.0. The summed E-state index contributed by atoms with van der Waals surface area (Å²) in [6.07, 6.45) is 4.43. The molecule has 1 spiro atoms. The molecule has 3 nitrogen and oxygen atoms in total. The van der Waals surface area contributed by atoms with Gasteiger partial charge in [-0.15, -0.1) is 12.4 Å². The summed E-state index contributed by atoms with van der Waals surface area (Å²) >= 11 is 0. The molecule has 0 aromatic rings. The molecule has 2 aliphatic rings. The van der Waals surface area contributed by atoms with Crippen molar-refractivity contribution in [2.24, 2.45) is 11.3 Å². The molecule has 100 valence electrons. The van der Waals surface area contributed by atoms with Crippen LogP contribution in [-0.2, 0) is 4.79 Å². The Morgan fingerprint density at radius 3 is 2.53 bits per heavy atom. The minimum absolute atomic E-state index is 0. The Bertz CT molecular complexity index is 262. The Hall–Kier alpha value is -0.280. The van der Waals surface area contributed by atoms with E-state index >= 15 is 0 Å². The second-order valence-electron chi connectivity index (χ2n) is 5.91. The molecule has 0 aromatic heterocycles. The number of amides is 1. The first-order valence-electron chi connectivity index (χ1n) is 6.60. The van der Waals surface area contributed by atoms with E-state index in [4.69, 9.17) is 0 Å². The maximum atomic E-state index is 12.0. The van der Waals surface area contributed by atoms with E-state index in [0.29, 0.717) is 23.7 Å². The smallest absolute Gasteiger partial charge is 0.222 e. The van der Waals surface area contributed by atoms with E-state index in [1.165, 1.54) is 19.3 Å². The molecule has 4 heteroatoms. The SMILES string of the molecule is CC(C)CC(=O)N1CCC2(CCNCC2)C1.Cl. The van der Waals surface area contributed by atoms with Crippen molar-refractivity contribution in [3.05, 3.63) is 0 Å². The molecule has 0 atom stereocenters. The summed E-state index contributed by atoms with van der Waals surface area (Å²) in [7, 11) is 0. The third-order valence-corrected chi connectivity index (χ3v) is 4.04. The number of nitrogens with one attached hydrogen (secondary N) is 1. The predicted molar refractivity (Wildman–Crippen MR) is 72.4 cm³/mol. The number of rotatable bonds is 2. The molecule has 1 amide bonds. The molecule has 0 aliphatic carbocycles. The molecular formula is C13H25ClN2O. The Kier molecular flexibility index (Phi) is 5.26. The van der Waals surface area contributed by atoms with Gasteiger partial charge in [-0.1, -0.05) is 13.8 Å². The van der Waals surface area contributed by atoms with Gasteiger partial charge in [-0.05, 0) is 43.7 Å². The van der Waals surface area contributed by atoms with Crippen LogP contribution < -0.4 is 5.32 Å². The highest BCUT2D eigenvalue weighted by Crippen LogP contribution is 2.38. The van der Waals surface area contributed by atoms with Crippen LogP contribution in [0.2, 0.25) is 0 Å². The van der Waals surface area contributed by atoms with Crippen LogP contribution in [0.4, 0.5) is 0 Å². The maximum absolute atomic E-state index is 12.0. The summed E-state index contributed by atoms with van der Waals surface area (Å²) in [5.74, 6) is 0.850. The molecule has 1 N–H and O–H groups in total. The van der Waals surface area contributed by atoms with E-state index in [1.54, 1.807) is 0 Å². The first kappa shape index (κ1) is 14.8. The minimum Gasteiger partial charge on any atom is -0.342 e. The van der Waals surface area contributed by atoms with Crippen LogP contribution in [0, 0.1) is 11.3 Å². The van der Waals surface area contributed by atoms with E-state index in [0.717, 1.165) is 26.2 Å². The van der Waals surface area contributed by atoms with Crippen molar-refractivity contribution in [1.29, 1.82) is 0 Å². The number of hydrogen-bond donors (Lipinski definition) is 1. The summed E-state index contributed by atoms with van der Waals surface area (Å²) in [6.45, 7) is 8.51. The van der Waals surface area contributed by atoms with Crippen molar-refractivity contribution in [2.45, 2.75) is 39.5 Å². The van der Waals surface area contributed by atoms with Crippen LogP contribution in [-0.4, -0.2) is 37.0 Å². The number of likely N-dealkylation sites (tertiary alicyclic amines) is 1. The van der Waals surface area contributed by atoms with Crippen molar-refractivity contribution < 1.29 is 4.79 Å². The summed E-state index contributed by atoms with van der Waals surface area (Å²) in [6, 6.07) is 0. The molecule has 17 heavy (non-hydrogen) atoms. The molecule has 0 aromatic carbocycles. The number of carbonyl (C=O) groups excluding carboxylic acids is 1. The van der Waals surface area contributed by atoms with Crippen molar-refractivity contribution in [2.75, 3.05) is 26.2 Å². The molecule has 2 rings (SSSR count). The first-order chi connectivity index (χ1) is 7.61. The fraction of sp³-hybridized carbons (Fsp3) is 0.923. The van der Waals surface area contributed by atoms with Gasteiger partial charge in [0.1, 0.15) is 0 Å². The number of nitrogens with zero attached hydrogens (tertiary/aromatic N) is 1. The van der Waals surface area contributed by atoms with Gasteiger partial charge in [0.15, 0.2) is 0 Å². The highest BCUT2D eigenvalue weighted by Gasteiger charge is 2.40. The standard InChI is InChI=1S/C13H24N2O.ClH/c1-11(2)9-12(16)15-8-5-13(10-15)3-6-14-7-4-13;/h11,14H,3-10H2,1-2H3;1H. The lowest BCUT2D eigenvalue weighted by Gasteiger charge is -2.33. The van der Waals surface area contributed by atoms with Gasteiger partial charge in [0.2, 0.25) is 5.91 Å². The van der Waals surface area contributed by atoms with Crippen molar-refractivity contribution >= 4 is 18.3 Å². The fourth-order valence-electron chi connectivity index (χ4n) is 2.99. The Morgan fingerprint density at radius 1 is 1.29 bits per heavy atom. The van der Waals surface area contributed by atoms with Gasteiger partial charge in [0, 0.05) is 19.5 Å². The van der Waals surface area contributed by atoms with Gasteiger partial charge in [-0.2, -0.15) is 0 Å². The summed E-state index contributed by atoms with van der Waals surface area (Å²) in [4.78, 5) is 14.1. The Labute approximate surface area is 111 Å². The van der Waals surface area contributed by atoms with E-state index in [1.807, 2.05) is 0 Å². The first-order valence-corrected chi connectivity index (χ1v) is 6.60. The average molecular weight is 261 g/mol. The molecule has 0 saturated carbocycles. The second kappa shape index (κ2) is 6.05. The van der Waals surface area contributed by atoms with Gasteiger partial charge in [0.25, 0.3) is 0 Å². The van der Waals surface area contributed by atoms with Gasteiger partial charge < -0.3 is 10.2 Å². The van der Waals surface area contributed by atoms with Crippen LogP contribution in [0.15, 0.2) is 0 Å². The zero-order valence-corrected chi connectivity index (χ0v) is 11.8. The Balaban J connectivity index is 0.00000144. The normalized spacial score (nSPS) is 22.9. The second-order valence-corrected chi connectivity index (χ2v) is 5.91. The van der Waals surface area contributed by atoms with E-state index in [-0.39, 0.29) is 12.4 Å². The van der Waals surface area contributed by atoms with Crippen LogP contribution in [0.25, 0.3) is 0 Å². The van der Waals surface area contributed by atoms with Crippen LogP contribution in [0.5, 0.6) is 0 Å². The number of piperidine rings is 1. The zero-order chi connectivity index (χ0) is 11.6. The molecule has 0 unspecified atom stereocenters. The molecule has 0 bridgehead atoms. The van der Waals surface area contributed by atoms with E-state index in [2.05, 4.69) is 24.1 Å². The number of hydrogen-bond acceptors (Lipinski definition) is 2. The van der Waals surface area contributed by atoms with Crippen molar-refractivity contribution in [3.63, 3.8) is 0 Å². The van der Waals surface area contributed by atoms with Crippen molar-refractivity contribution in [3.8, 4) is 0 Å². The third-order valence-electron chi connectivity index (χ3n) is 4.04. The maximum Gasteiger partial charge on any atom is 0.222 e. The lowest BCUT2D eigenvalue weighted by atomic mass is 9.78. The van der Waals surface area contributed by atoms with Gasteiger partial charge >= 0.3 is 0 Å². The molecule has 0 radical (unpaired) electrons. The molecular weight excluding hydrogens is 236 g/mol. The lowest BCUT2D eigenvalue weighted by molar-refractivity contribution is -0.131. The van der Waals surface area contributed by atoms with E-state index < -0.39 is 0 Å². The van der Waals surface area contributed by atoms with Crippen LogP contribution in [0.3, 0.4) is 0 Å². The lowest BCUT2D eigenvalue weighted by Crippen LogP contribution is -2.39. The topological polar surface area (TPSA) is 32.3 Å². The van der Waals surface area contributed by atoms with Crippen molar-refractivity contribution in [1.82, 2.24) is 10.2 Å². The van der Waals surface area contributed by atoms with Crippen LogP contribution in [0.1, 0.15) is 39.5 Å². The summed E-state index contributed by atoms with van der Waals surface area (Å²) in [5, 5.41) is 3.41.